The highest BCUT2D eigenvalue weighted by molar-refractivity contribution is 5.91. The molecule has 0 spiro atoms. The van der Waals surface area contributed by atoms with Crippen molar-refractivity contribution >= 4 is 23.6 Å². The van der Waals surface area contributed by atoms with Crippen molar-refractivity contribution in [2.45, 2.75) is 26.4 Å². The lowest BCUT2D eigenvalue weighted by molar-refractivity contribution is -0.131. The number of aromatic nitrogens is 2. The summed E-state index contributed by atoms with van der Waals surface area (Å²) in [5, 5.41) is 5.51. The largest absolute Gasteiger partial charge is 0.489 e. The maximum absolute atomic E-state index is 12.4. The fraction of sp³-hybridized carbons (Fsp3) is 0.429. The van der Waals surface area contributed by atoms with Crippen LogP contribution in [0.1, 0.15) is 20.3 Å². The molecule has 30 heavy (non-hydrogen) atoms. The number of piperazine rings is 1. The first-order chi connectivity index (χ1) is 14.5. The number of hydrogen-bond donors (Lipinski definition) is 2. The Labute approximate surface area is 176 Å². The Bertz CT molecular complexity index is 838. The minimum atomic E-state index is -0.367. The average molecular weight is 412 g/mol. The number of ether oxygens (including phenoxy) is 1. The number of carbonyl (C=O) groups excluding carboxylic acids is 2. The Morgan fingerprint density at radius 2 is 1.77 bits per heavy atom. The summed E-state index contributed by atoms with van der Waals surface area (Å²) in [6.45, 7) is 6.73. The quantitative estimate of drug-likeness (QED) is 0.723. The van der Waals surface area contributed by atoms with Crippen LogP contribution >= 0.6 is 0 Å². The standard InChI is InChI=1S/C21H28N6O3/c1-16(2)30-18-7-4-3-6-17(18)25-21(29)24-11-8-19(28)26-12-14-27(15-13-26)20-22-9-5-10-23-20/h3-7,9-10,16H,8,11-15H2,1-2H3,(H2,24,25,29). The van der Waals surface area contributed by atoms with Crippen molar-refractivity contribution in [3.05, 3.63) is 42.7 Å². The van der Waals surface area contributed by atoms with Gasteiger partial charge in [0, 0.05) is 51.5 Å². The first-order valence-corrected chi connectivity index (χ1v) is 10.1. The molecule has 160 valence electrons. The van der Waals surface area contributed by atoms with E-state index in [2.05, 4.69) is 25.5 Å². The van der Waals surface area contributed by atoms with E-state index in [4.69, 9.17) is 4.74 Å². The number of benzene rings is 1. The summed E-state index contributed by atoms with van der Waals surface area (Å²) >= 11 is 0. The van der Waals surface area contributed by atoms with Gasteiger partial charge in [0.05, 0.1) is 11.8 Å². The zero-order chi connectivity index (χ0) is 21.3. The highest BCUT2D eigenvalue weighted by Gasteiger charge is 2.22. The van der Waals surface area contributed by atoms with Gasteiger partial charge < -0.3 is 25.2 Å². The van der Waals surface area contributed by atoms with Gasteiger partial charge in [-0.2, -0.15) is 0 Å². The van der Waals surface area contributed by atoms with E-state index in [1.54, 1.807) is 30.6 Å². The van der Waals surface area contributed by atoms with Crippen LogP contribution in [0.3, 0.4) is 0 Å². The zero-order valence-electron chi connectivity index (χ0n) is 17.4. The van der Waals surface area contributed by atoms with Crippen LogP contribution in [0.25, 0.3) is 0 Å². The third-order valence-electron chi connectivity index (χ3n) is 4.59. The fourth-order valence-corrected chi connectivity index (χ4v) is 3.14. The monoisotopic (exact) mass is 412 g/mol. The van der Waals surface area contributed by atoms with Crippen molar-refractivity contribution in [2.75, 3.05) is 42.9 Å². The molecular formula is C21H28N6O3. The number of urea groups is 1. The van der Waals surface area contributed by atoms with Crippen molar-refractivity contribution in [1.29, 1.82) is 0 Å². The van der Waals surface area contributed by atoms with Gasteiger partial charge in [0.1, 0.15) is 5.75 Å². The lowest BCUT2D eigenvalue weighted by atomic mass is 10.2. The molecule has 2 N–H and O–H groups in total. The molecule has 1 aliphatic rings. The van der Waals surface area contributed by atoms with Crippen LogP contribution in [0.15, 0.2) is 42.7 Å². The van der Waals surface area contributed by atoms with Gasteiger partial charge in [-0.25, -0.2) is 14.8 Å². The molecule has 1 saturated heterocycles. The van der Waals surface area contributed by atoms with Crippen molar-refractivity contribution in [2.24, 2.45) is 0 Å². The maximum atomic E-state index is 12.4. The number of rotatable bonds is 7. The van der Waals surface area contributed by atoms with Crippen LogP contribution in [0, 0.1) is 0 Å². The van der Waals surface area contributed by atoms with Crippen molar-refractivity contribution in [3.8, 4) is 5.75 Å². The molecule has 0 bridgehead atoms. The van der Waals surface area contributed by atoms with Gasteiger partial charge in [0.15, 0.2) is 0 Å². The molecule has 1 aromatic heterocycles. The first-order valence-electron chi connectivity index (χ1n) is 10.1. The van der Waals surface area contributed by atoms with Gasteiger partial charge in [-0.15, -0.1) is 0 Å². The average Bonchev–Trinajstić information content (AvgIpc) is 2.75. The van der Waals surface area contributed by atoms with Gasteiger partial charge in [-0.1, -0.05) is 12.1 Å². The summed E-state index contributed by atoms with van der Waals surface area (Å²) in [6.07, 6.45) is 3.68. The molecule has 0 atom stereocenters. The molecular weight excluding hydrogens is 384 g/mol. The van der Waals surface area contributed by atoms with Crippen molar-refractivity contribution in [1.82, 2.24) is 20.2 Å². The maximum Gasteiger partial charge on any atom is 0.319 e. The Hall–Kier alpha value is -3.36. The molecule has 0 aliphatic carbocycles. The molecule has 1 aromatic carbocycles. The third kappa shape index (κ3) is 6.07. The number of anilines is 2. The number of nitrogens with one attached hydrogen (secondary N) is 2. The summed E-state index contributed by atoms with van der Waals surface area (Å²) in [4.78, 5) is 37.0. The Balaban J connectivity index is 1.39. The number of para-hydroxylation sites is 2. The van der Waals surface area contributed by atoms with Gasteiger partial charge in [0.2, 0.25) is 11.9 Å². The van der Waals surface area contributed by atoms with E-state index in [1.165, 1.54) is 0 Å². The highest BCUT2D eigenvalue weighted by Crippen LogP contribution is 2.24. The van der Waals surface area contributed by atoms with E-state index in [9.17, 15) is 9.59 Å². The number of carbonyl (C=O) groups is 2. The Morgan fingerprint density at radius 3 is 2.47 bits per heavy atom. The van der Waals surface area contributed by atoms with Crippen LogP contribution in [-0.4, -0.2) is 65.6 Å². The fourth-order valence-electron chi connectivity index (χ4n) is 3.14. The number of hydrogen-bond acceptors (Lipinski definition) is 6. The van der Waals surface area contributed by atoms with Crippen molar-refractivity contribution in [3.63, 3.8) is 0 Å². The molecule has 0 radical (unpaired) electrons. The second-order valence-corrected chi connectivity index (χ2v) is 7.21. The minimum absolute atomic E-state index is 0.00236. The second-order valence-electron chi connectivity index (χ2n) is 7.21. The van der Waals surface area contributed by atoms with Crippen LogP contribution in [0.2, 0.25) is 0 Å². The molecule has 3 amide bonds. The lowest BCUT2D eigenvalue weighted by Gasteiger charge is -2.34. The summed E-state index contributed by atoms with van der Waals surface area (Å²) in [5.74, 6) is 1.32. The predicted molar refractivity (Wildman–Crippen MR) is 115 cm³/mol. The van der Waals surface area contributed by atoms with E-state index in [0.717, 1.165) is 0 Å². The van der Waals surface area contributed by atoms with Gasteiger partial charge >= 0.3 is 6.03 Å². The molecule has 2 aromatic rings. The van der Waals surface area contributed by atoms with Crippen LogP contribution < -0.4 is 20.3 Å². The normalized spacial score (nSPS) is 13.8. The molecule has 0 unspecified atom stereocenters. The first kappa shape index (κ1) is 21.4. The number of nitrogens with zero attached hydrogens (tertiary/aromatic N) is 4. The van der Waals surface area contributed by atoms with Crippen LogP contribution in [0.4, 0.5) is 16.4 Å². The Morgan fingerprint density at radius 1 is 1.07 bits per heavy atom. The summed E-state index contributed by atoms with van der Waals surface area (Å²) < 4.78 is 5.69. The zero-order valence-corrected chi connectivity index (χ0v) is 17.4. The smallest absolute Gasteiger partial charge is 0.319 e. The van der Waals surface area contributed by atoms with Crippen LogP contribution in [-0.2, 0) is 4.79 Å². The van der Waals surface area contributed by atoms with E-state index in [-0.39, 0.29) is 31.0 Å². The summed E-state index contributed by atoms with van der Waals surface area (Å²) in [5.41, 5.74) is 0.592. The molecule has 2 heterocycles. The van der Waals surface area contributed by atoms with Gasteiger partial charge in [-0.05, 0) is 32.0 Å². The lowest BCUT2D eigenvalue weighted by Crippen LogP contribution is -2.49. The van der Waals surface area contributed by atoms with E-state index < -0.39 is 0 Å². The third-order valence-corrected chi connectivity index (χ3v) is 4.59. The van der Waals surface area contributed by atoms with E-state index in [1.807, 2.05) is 30.9 Å². The second kappa shape index (κ2) is 10.4. The molecule has 9 heteroatoms. The van der Waals surface area contributed by atoms with Gasteiger partial charge in [0.25, 0.3) is 0 Å². The van der Waals surface area contributed by atoms with E-state index in [0.29, 0.717) is 43.6 Å². The van der Waals surface area contributed by atoms with Crippen LogP contribution in [0.5, 0.6) is 5.75 Å². The SMILES string of the molecule is CC(C)Oc1ccccc1NC(=O)NCCC(=O)N1CCN(c2ncccn2)CC1. The molecule has 1 aliphatic heterocycles. The minimum Gasteiger partial charge on any atom is -0.489 e. The molecule has 1 fully saturated rings. The molecule has 9 nitrogen and oxygen atoms in total. The summed E-state index contributed by atoms with van der Waals surface area (Å²) in [7, 11) is 0. The predicted octanol–water partition coefficient (Wildman–Crippen LogP) is 2.12. The van der Waals surface area contributed by atoms with Gasteiger partial charge in [-0.3, -0.25) is 4.79 Å². The summed E-state index contributed by atoms with van der Waals surface area (Å²) in [6, 6.07) is 8.67. The molecule has 3 rings (SSSR count). The number of amides is 3. The van der Waals surface area contributed by atoms with Crippen molar-refractivity contribution < 1.29 is 14.3 Å². The van der Waals surface area contributed by atoms with E-state index >= 15 is 0 Å². The topological polar surface area (TPSA) is 99.7 Å². The highest BCUT2D eigenvalue weighted by atomic mass is 16.5. The Kier molecular flexibility index (Phi) is 7.42. The molecule has 0 saturated carbocycles.